The van der Waals surface area contributed by atoms with Crippen molar-refractivity contribution in [1.29, 1.82) is 0 Å². The summed E-state index contributed by atoms with van der Waals surface area (Å²) >= 11 is 0. The fourth-order valence-electron chi connectivity index (χ4n) is 3.14. The SMILES string of the molecule is CC[C@H](C)[C@H](NS(=O)(=O)c1ccc2c(c1)CC(C)N2C(C)=O)C(=O)O. The van der Waals surface area contributed by atoms with Crippen LogP contribution in [-0.2, 0) is 26.0 Å². The van der Waals surface area contributed by atoms with Gasteiger partial charge in [0.15, 0.2) is 0 Å². The van der Waals surface area contributed by atoms with E-state index in [9.17, 15) is 23.1 Å². The largest absolute Gasteiger partial charge is 0.480 e. The summed E-state index contributed by atoms with van der Waals surface area (Å²) in [5.74, 6) is -1.63. The average Bonchev–Trinajstić information content (AvgIpc) is 2.86. The molecule has 0 fully saturated rings. The third kappa shape index (κ3) is 3.85. The summed E-state index contributed by atoms with van der Waals surface area (Å²) < 4.78 is 27.5. The van der Waals surface area contributed by atoms with Gasteiger partial charge in [-0.05, 0) is 43.0 Å². The molecule has 1 amide bonds. The Morgan fingerprint density at radius 2 is 2.04 bits per heavy atom. The number of hydrogen-bond acceptors (Lipinski definition) is 4. The van der Waals surface area contributed by atoms with Crippen molar-refractivity contribution in [1.82, 2.24) is 4.72 Å². The number of amides is 1. The maximum atomic E-state index is 12.6. The molecule has 0 aromatic heterocycles. The minimum atomic E-state index is -3.97. The Bertz CT molecular complexity index is 790. The van der Waals surface area contributed by atoms with Gasteiger partial charge < -0.3 is 10.0 Å². The zero-order valence-electron chi connectivity index (χ0n) is 14.8. The maximum Gasteiger partial charge on any atom is 0.322 e. The van der Waals surface area contributed by atoms with E-state index in [-0.39, 0.29) is 22.8 Å². The number of nitrogens with one attached hydrogen (secondary N) is 1. The van der Waals surface area contributed by atoms with Gasteiger partial charge in [-0.15, -0.1) is 0 Å². The zero-order chi connectivity index (χ0) is 18.9. The van der Waals surface area contributed by atoms with Crippen molar-refractivity contribution < 1.29 is 23.1 Å². The van der Waals surface area contributed by atoms with E-state index in [1.54, 1.807) is 17.9 Å². The number of benzene rings is 1. The van der Waals surface area contributed by atoms with Gasteiger partial charge in [-0.1, -0.05) is 20.3 Å². The third-order valence-corrected chi connectivity index (χ3v) is 6.12. The molecule has 1 aliphatic rings. The number of hydrogen-bond donors (Lipinski definition) is 2. The molecule has 0 spiro atoms. The van der Waals surface area contributed by atoms with Crippen LogP contribution in [-0.4, -0.2) is 37.5 Å². The molecular formula is C17H24N2O5S. The number of carboxylic acid groups (broad SMARTS) is 1. The smallest absolute Gasteiger partial charge is 0.322 e. The second-order valence-corrected chi connectivity index (χ2v) is 8.27. The normalized spacial score (nSPS) is 19.4. The van der Waals surface area contributed by atoms with Crippen molar-refractivity contribution in [3.8, 4) is 0 Å². The molecule has 2 N–H and O–H groups in total. The van der Waals surface area contributed by atoms with E-state index in [0.717, 1.165) is 5.56 Å². The first kappa shape index (κ1) is 19.4. The fraction of sp³-hybridized carbons (Fsp3) is 0.529. The Morgan fingerprint density at radius 1 is 1.40 bits per heavy atom. The molecule has 0 radical (unpaired) electrons. The van der Waals surface area contributed by atoms with Crippen LogP contribution in [0.15, 0.2) is 23.1 Å². The number of carbonyl (C=O) groups is 2. The highest BCUT2D eigenvalue weighted by molar-refractivity contribution is 7.89. The highest BCUT2D eigenvalue weighted by Gasteiger charge is 2.32. The first-order valence-corrected chi connectivity index (χ1v) is 9.74. The Kier molecular flexibility index (Phi) is 5.53. The molecule has 1 unspecified atom stereocenters. The standard InChI is InChI=1S/C17H24N2O5S/c1-5-10(2)16(17(21)22)18-25(23,24)14-6-7-15-13(9-14)8-11(3)19(15)12(4)20/h6-7,9-11,16,18H,5,8H2,1-4H3,(H,21,22)/t10-,11?,16-/m0/s1. The predicted octanol–water partition coefficient (Wildman–Crippen LogP) is 1.76. The maximum absolute atomic E-state index is 12.6. The summed E-state index contributed by atoms with van der Waals surface area (Å²) in [6, 6.07) is 3.31. The van der Waals surface area contributed by atoms with Crippen LogP contribution in [0.5, 0.6) is 0 Å². The Balaban J connectivity index is 2.34. The van der Waals surface area contributed by atoms with Crippen LogP contribution in [0.3, 0.4) is 0 Å². The second kappa shape index (κ2) is 7.13. The van der Waals surface area contributed by atoms with Gasteiger partial charge in [0, 0.05) is 18.7 Å². The van der Waals surface area contributed by atoms with Crippen molar-refractivity contribution in [2.45, 2.75) is 57.5 Å². The first-order valence-electron chi connectivity index (χ1n) is 8.26. The number of sulfonamides is 1. The van der Waals surface area contributed by atoms with Crippen LogP contribution >= 0.6 is 0 Å². The zero-order valence-corrected chi connectivity index (χ0v) is 15.6. The minimum absolute atomic E-state index is 0.0124. The molecule has 7 nitrogen and oxygen atoms in total. The van der Waals surface area contributed by atoms with Gasteiger partial charge in [-0.3, -0.25) is 9.59 Å². The van der Waals surface area contributed by atoms with E-state index in [2.05, 4.69) is 4.72 Å². The third-order valence-electron chi connectivity index (χ3n) is 4.68. The van der Waals surface area contributed by atoms with Gasteiger partial charge >= 0.3 is 5.97 Å². The quantitative estimate of drug-likeness (QED) is 0.796. The molecule has 138 valence electrons. The molecule has 2 rings (SSSR count). The van der Waals surface area contributed by atoms with E-state index in [0.29, 0.717) is 18.5 Å². The topological polar surface area (TPSA) is 104 Å². The summed E-state index contributed by atoms with van der Waals surface area (Å²) in [6.07, 6.45) is 1.10. The van der Waals surface area contributed by atoms with E-state index in [4.69, 9.17) is 0 Å². The van der Waals surface area contributed by atoms with E-state index in [1.165, 1.54) is 19.1 Å². The van der Waals surface area contributed by atoms with E-state index >= 15 is 0 Å². The molecule has 1 aromatic rings. The molecule has 1 aliphatic heterocycles. The number of rotatable bonds is 6. The van der Waals surface area contributed by atoms with Gasteiger partial charge in [-0.25, -0.2) is 8.42 Å². The molecular weight excluding hydrogens is 344 g/mol. The summed E-state index contributed by atoms with van der Waals surface area (Å²) in [5.41, 5.74) is 1.47. The molecule has 0 aliphatic carbocycles. The highest BCUT2D eigenvalue weighted by atomic mass is 32.2. The van der Waals surface area contributed by atoms with Crippen LogP contribution in [0.1, 0.15) is 39.7 Å². The number of anilines is 1. The van der Waals surface area contributed by atoms with Gasteiger partial charge in [-0.2, -0.15) is 4.72 Å². The fourth-order valence-corrected chi connectivity index (χ4v) is 4.48. The highest BCUT2D eigenvalue weighted by Crippen LogP contribution is 2.34. The van der Waals surface area contributed by atoms with Crippen LogP contribution < -0.4 is 9.62 Å². The van der Waals surface area contributed by atoms with Crippen LogP contribution in [0.25, 0.3) is 0 Å². The number of carbonyl (C=O) groups excluding carboxylic acids is 1. The summed E-state index contributed by atoms with van der Waals surface area (Å²) in [5, 5.41) is 9.30. The Morgan fingerprint density at radius 3 is 2.56 bits per heavy atom. The second-order valence-electron chi connectivity index (χ2n) is 6.56. The van der Waals surface area contributed by atoms with Crippen molar-refractivity contribution in [3.63, 3.8) is 0 Å². The first-order chi connectivity index (χ1) is 11.6. The number of fused-ring (bicyclic) bond motifs is 1. The van der Waals surface area contributed by atoms with Crippen molar-refractivity contribution in [2.24, 2.45) is 5.92 Å². The summed E-state index contributed by atoms with van der Waals surface area (Å²) in [7, 11) is -3.97. The van der Waals surface area contributed by atoms with Crippen LogP contribution in [0.2, 0.25) is 0 Å². The summed E-state index contributed by atoms with van der Waals surface area (Å²) in [4.78, 5) is 24.8. The number of carboxylic acids is 1. The Labute approximate surface area is 148 Å². The monoisotopic (exact) mass is 368 g/mol. The molecule has 8 heteroatoms. The number of nitrogens with zero attached hydrogens (tertiary/aromatic N) is 1. The molecule has 0 saturated carbocycles. The minimum Gasteiger partial charge on any atom is -0.480 e. The summed E-state index contributed by atoms with van der Waals surface area (Å²) in [6.45, 7) is 6.87. The Hall–Kier alpha value is -1.93. The lowest BCUT2D eigenvalue weighted by atomic mass is 10.0. The lowest BCUT2D eigenvalue weighted by molar-refractivity contribution is -0.140. The van der Waals surface area contributed by atoms with Crippen LogP contribution in [0.4, 0.5) is 5.69 Å². The van der Waals surface area contributed by atoms with Gasteiger partial charge in [0.25, 0.3) is 0 Å². The average molecular weight is 368 g/mol. The molecule has 25 heavy (non-hydrogen) atoms. The molecule has 1 aromatic carbocycles. The van der Waals surface area contributed by atoms with Gasteiger partial charge in [0.1, 0.15) is 6.04 Å². The van der Waals surface area contributed by atoms with Crippen molar-refractivity contribution >= 4 is 27.6 Å². The molecule has 0 bridgehead atoms. The molecule has 1 heterocycles. The van der Waals surface area contributed by atoms with E-state index < -0.39 is 22.0 Å². The van der Waals surface area contributed by atoms with Crippen molar-refractivity contribution in [2.75, 3.05) is 4.90 Å². The lowest BCUT2D eigenvalue weighted by Crippen LogP contribution is -2.44. The van der Waals surface area contributed by atoms with Crippen molar-refractivity contribution in [3.05, 3.63) is 23.8 Å². The van der Waals surface area contributed by atoms with Gasteiger partial charge in [0.05, 0.1) is 4.90 Å². The number of aliphatic carboxylic acids is 1. The van der Waals surface area contributed by atoms with Crippen LogP contribution in [0, 0.1) is 5.92 Å². The van der Waals surface area contributed by atoms with Gasteiger partial charge in [0.2, 0.25) is 15.9 Å². The predicted molar refractivity (Wildman–Crippen MR) is 94.0 cm³/mol. The van der Waals surface area contributed by atoms with E-state index in [1.807, 2.05) is 13.8 Å². The lowest BCUT2D eigenvalue weighted by Gasteiger charge is -2.21. The molecule has 3 atom stereocenters. The molecule has 0 saturated heterocycles.